The van der Waals surface area contributed by atoms with E-state index >= 15 is 0 Å². The summed E-state index contributed by atoms with van der Waals surface area (Å²) in [7, 11) is 0. The average Bonchev–Trinajstić information content (AvgIpc) is 3.05. The van der Waals surface area contributed by atoms with E-state index < -0.39 is 11.7 Å². The van der Waals surface area contributed by atoms with Crippen molar-refractivity contribution in [3.05, 3.63) is 64.0 Å². The molecule has 216 valence electrons. The fourth-order valence-corrected chi connectivity index (χ4v) is 7.00. The van der Waals surface area contributed by atoms with Gasteiger partial charge in [0.15, 0.2) is 0 Å². The maximum absolute atomic E-state index is 14.1. The summed E-state index contributed by atoms with van der Waals surface area (Å²) in [5.41, 5.74) is 4.15. The molecular weight excluding hydrogens is 515 g/mol. The number of halogens is 3. The highest BCUT2D eigenvalue weighted by Gasteiger charge is 2.37. The van der Waals surface area contributed by atoms with Crippen LogP contribution in [0, 0.1) is 12.3 Å². The Morgan fingerprint density at radius 3 is 2.38 bits per heavy atom. The maximum atomic E-state index is 14.1. The van der Waals surface area contributed by atoms with Crippen molar-refractivity contribution in [1.29, 1.82) is 0 Å². The first kappa shape index (κ1) is 28.7. The molecule has 2 heterocycles. The van der Waals surface area contributed by atoms with Crippen LogP contribution in [0.15, 0.2) is 30.3 Å². The van der Waals surface area contributed by atoms with E-state index in [4.69, 9.17) is 5.11 Å². The number of nitrogens with one attached hydrogen (secondary N) is 1. The number of hydrogen-bond acceptors (Lipinski definition) is 3. The highest BCUT2D eigenvalue weighted by molar-refractivity contribution is 5.87. The Balaban J connectivity index is 1.42. The molecule has 0 saturated heterocycles. The van der Waals surface area contributed by atoms with Crippen LogP contribution in [0.5, 0.6) is 0 Å². The van der Waals surface area contributed by atoms with E-state index in [1.165, 1.54) is 24.5 Å². The molecule has 1 aromatic carbocycles. The van der Waals surface area contributed by atoms with E-state index in [0.717, 1.165) is 68.2 Å². The second-order valence-corrected chi connectivity index (χ2v) is 11.9. The molecule has 0 spiro atoms. The van der Waals surface area contributed by atoms with Crippen molar-refractivity contribution in [2.75, 3.05) is 13.2 Å². The molecule has 5 nitrogen and oxygen atoms in total. The van der Waals surface area contributed by atoms with Crippen LogP contribution in [0.2, 0.25) is 0 Å². The van der Waals surface area contributed by atoms with Gasteiger partial charge in [0.1, 0.15) is 5.65 Å². The number of amides is 1. The minimum atomic E-state index is -4.42. The number of benzene rings is 1. The van der Waals surface area contributed by atoms with Gasteiger partial charge in [0.05, 0.1) is 12.2 Å². The van der Waals surface area contributed by atoms with Crippen molar-refractivity contribution in [2.45, 2.75) is 96.7 Å². The number of alkyl halides is 3. The molecule has 5 rings (SSSR count). The van der Waals surface area contributed by atoms with Crippen LogP contribution in [0.1, 0.15) is 91.4 Å². The summed E-state index contributed by atoms with van der Waals surface area (Å²) in [6, 6.07) is 9.57. The Labute approximate surface area is 234 Å². The molecule has 1 saturated carbocycles. The van der Waals surface area contributed by atoms with E-state index in [1.54, 1.807) is 6.92 Å². The van der Waals surface area contributed by atoms with Crippen molar-refractivity contribution in [3.8, 4) is 0 Å². The average molecular weight is 556 g/mol. The minimum Gasteiger partial charge on any atom is -0.395 e. The summed E-state index contributed by atoms with van der Waals surface area (Å²) >= 11 is 0. The van der Waals surface area contributed by atoms with Gasteiger partial charge in [0.2, 0.25) is 5.91 Å². The third kappa shape index (κ3) is 6.22. The predicted octanol–water partition coefficient (Wildman–Crippen LogP) is 6.67. The first-order valence-electron chi connectivity index (χ1n) is 14.7. The van der Waals surface area contributed by atoms with Gasteiger partial charge in [-0.25, -0.2) is 4.98 Å². The molecule has 2 aliphatic rings. The predicted molar refractivity (Wildman–Crippen MR) is 150 cm³/mol. The van der Waals surface area contributed by atoms with E-state index in [-0.39, 0.29) is 29.9 Å². The van der Waals surface area contributed by atoms with Crippen LogP contribution in [0.25, 0.3) is 11.0 Å². The van der Waals surface area contributed by atoms with Crippen LogP contribution in [-0.4, -0.2) is 33.7 Å². The van der Waals surface area contributed by atoms with E-state index in [1.807, 2.05) is 4.57 Å². The van der Waals surface area contributed by atoms with Crippen molar-refractivity contribution < 1.29 is 23.1 Å². The first-order valence-corrected chi connectivity index (χ1v) is 14.7. The van der Waals surface area contributed by atoms with Gasteiger partial charge in [-0.05, 0) is 80.0 Å². The molecule has 8 heteroatoms. The smallest absolute Gasteiger partial charge is 0.395 e. The van der Waals surface area contributed by atoms with E-state index in [2.05, 4.69) is 34.6 Å². The molecule has 40 heavy (non-hydrogen) atoms. The number of fused-ring (bicyclic) bond motifs is 3. The summed E-state index contributed by atoms with van der Waals surface area (Å²) in [6.45, 7) is 2.33. The third-order valence-corrected chi connectivity index (χ3v) is 8.83. The standard InChI is InChI=1S/C32H40F3N3O2/c1-22-18-26(32(33,34)35)29-25-8-4-5-9-27(25)38(30(29)37-22)21-24-12-10-23(11-13-24)19-31(14-6-2-3-7-15-31)20-28(40)36-16-17-39/h10-13,18,39H,2-9,14-17,19-21H2,1H3,(H,36,40). The molecule has 3 aromatic rings. The topological polar surface area (TPSA) is 67.2 Å². The zero-order chi connectivity index (χ0) is 28.3. The zero-order valence-electron chi connectivity index (χ0n) is 23.4. The molecule has 2 N–H and O–H groups in total. The lowest BCUT2D eigenvalue weighted by Crippen LogP contribution is -2.34. The number of carbonyl (C=O) groups is 1. The summed E-state index contributed by atoms with van der Waals surface area (Å²) < 4.78 is 44.2. The Hall–Kier alpha value is -2.87. The highest BCUT2D eigenvalue weighted by atomic mass is 19.4. The van der Waals surface area contributed by atoms with Gasteiger partial charge >= 0.3 is 6.18 Å². The van der Waals surface area contributed by atoms with E-state index in [9.17, 15) is 18.0 Å². The number of aryl methyl sites for hydroxylation is 2. The fourth-order valence-electron chi connectivity index (χ4n) is 7.00. The summed E-state index contributed by atoms with van der Waals surface area (Å²) in [5, 5.41) is 12.2. The van der Waals surface area contributed by atoms with Gasteiger partial charge in [-0.3, -0.25) is 4.79 Å². The van der Waals surface area contributed by atoms with Crippen LogP contribution < -0.4 is 5.32 Å². The normalized spacial score (nSPS) is 17.4. The molecular formula is C32H40F3N3O2. The van der Waals surface area contributed by atoms with E-state index in [0.29, 0.717) is 30.7 Å². The number of aliphatic hydroxyl groups is 1. The summed E-state index contributed by atoms with van der Waals surface area (Å²) in [5.74, 6) is -0.00199. The van der Waals surface area contributed by atoms with Gasteiger partial charge < -0.3 is 15.0 Å². The molecule has 0 bridgehead atoms. The molecule has 2 aliphatic carbocycles. The number of pyridine rings is 1. The Morgan fingerprint density at radius 1 is 1.02 bits per heavy atom. The number of carbonyl (C=O) groups excluding carboxylic acids is 1. The molecule has 0 aliphatic heterocycles. The molecule has 2 aromatic heterocycles. The van der Waals surface area contributed by atoms with Gasteiger partial charge in [-0.1, -0.05) is 49.9 Å². The maximum Gasteiger partial charge on any atom is 0.417 e. The molecule has 0 radical (unpaired) electrons. The second-order valence-electron chi connectivity index (χ2n) is 11.9. The molecule has 1 fully saturated rings. The van der Waals surface area contributed by atoms with Gasteiger partial charge in [-0.15, -0.1) is 0 Å². The molecule has 1 amide bonds. The molecule has 0 atom stereocenters. The van der Waals surface area contributed by atoms with Gasteiger partial charge in [0.25, 0.3) is 0 Å². The second kappa shape index (κ2) is 11.9. The van der Waals surface area contributed by atoms with Crippen molar-refractivity contribution in [1.82, 2.24) is 14.9 Å². The van der Waals surface area contributed by atoms with Crippen molar-refractivity contribution in [3.63, 3.8) is 0 Å². The van der Waals surface area contributed by atoms with Gasteiger partial charge in [-0.2, -0.15) is 13.2 Å². The number of hydrogen-bond donors (Lipinski definition) is 2. The minimum absolute atomic E-state index is 0.00199. The lowest BCUT2D eigenvalue weighted by molar-refractivity contribution is -0.136. The highest BCUT2D eigenvalue weighted by Crippen LogP contribution is 2.42. The zero-order valence-corrected chi connectivity index (χ0v) is 23.4. The third-order valence-electron chi connectivity index (χ3n) is 8.83. The number of nitrogens with zero attached hydrogens (tertiary/aromatic N) is 2. The Bertz CT molecular complexity index is 1340. The van der Waals surface area contributed by atoms with Crippen molar-refractivity contribution >= 4 is 16.9 Å². The quantitative estimate of drug-likeness (QED) is 0.305. The van der Waals surface area contributed by atoms with Crippen molar-refractivity contribution in [2.24, 2.45) is 5.41 Å². The van der Waals surface area contributed by atoms with Crippen LogP contribution in [0.4, 0.5) is 13.2 Å². The SMILES string of the molecule is Cc1cc(C(F)(F)F)c2c3c(n(Cc4ccc(CC5(CC(=O)NCCO)CCCCCC5)cc4)c2n1)CCCC3. The first-order chi connectivity index (χ1) is 19.2. The lowest BCUT2D eigenvalue weighted by Gasteiger charge is -2.32. The number of aliphatic hydroxyl groups excluding tert-OH is 1. The monoisotopic (exact) mass is 555 g/mol. The fraction of sp³-hybridized carbons (Fsp3) is 0.562. The largest absolute Gasteiger partial charge is 0.417 e. The lowest BCUT2D eigenvalue weighted by atomic mass is 9.72. The summed E-state index contributed by atoms with van der Waals surface area (Å²) in [4.78, 5) is 17.3. The Morgan fingerprint density at radius 2 is 1.70 bits per heavy atom. The van der Waals surface area contributed by atoms with Crippen LogP contribution >= 0.6 is 0 Å². The molecule has 0 unspecified atom stereocenters. The number of aromatic nitrogens is 2. The Kier molecular flexibility index (Phi) is 8.55. The van der Waals surface area contributed by atoms with Crippen LogP contribution in [-0.2, 0) is 36.8 Å². The van der Waals surface area contributed by atoms with Gasteiger partial charge in [0, 0.05) is 36.3 Å². The van der Waals surface area contributed by atoms with Crippen LogP contribution in [0.3, 0.4) is 0 Å². The summed E-state index contributed by atoms with van der Waals surface area (Å²) in [6.07, 6.45) is 6.77. The number of rotatable bonds is 8.